The highest BCUT2D eigenvalue weighted by atomic mass is 31.2. The van der Waals surface area contributed by atoms with Crippen LogP contribution in [0.3, 0.4) is 0 Å². The van der Waals surface area contributed by atoms with E-state index in [0.717, 1.165) is 38.5 Å². The molecule has 1 unspecified atom stereocenters. The quantitative estimate of drug-likeness (QED) is 0.0240. The number of hydrogen-bond acceptors (Lipinski definition) is 9. The van der Waals surface area contributed by atoms with Gasteiger partial charge in [0, 0.05) is 12.8 Å². The topological polar surface area (TPSA) is 172 Å². The molecule has 0 spiro atoms. The third kappa shape index (κ3) is 33.4. The third-order valence-electron chi connectivity index (χ3n) is 8.51. The van der Waals surface area contributed by atoms with Crippen molar-refractivity contribution in [3.05, 3.63) is 12.2 Å². The minimum atomic E-state index is -4.70. The summed E-state index contributed by atoms with van der Waals surface area (Å²) in [6.07, 6.45) is 31.5. The van der Waals surface area contributed by atoms with Crippen LogP contribution in [0.5, 0.6) is 0 Å². The average Bonchev–Trinajstić information content (AvgIpc) is 3.09. The van der Waals surface area contributed by atoms with Gasteiger partial charge in [-0.3, -0.25) is 23.4 Å². The fourth-order valence-electron chi connectivity index (χ4n) is 5.35. The number of nitrogens with two attached hydrogens (primary N) is 1. The summed E-state index contributed by atoms with van der Waals surface area (Å²) in [6.45, 7) is 2.76. The van der Waals surface area contributed by atoms with Crippen molar-refractivity contribution in [2.45, 2.75) is 193 Å². The second-order valence-corrected chi connectivity index (χ2v) is 14.9. The number of carboxylic acids is 1. The minimum Gasteiger partial charge on any atom is -0.480 e. The van der Waals surface area contributed by atoms with Gasteiger partial charge in [-0.05, 0) is 38.5 Å². The predicted molar refractivity (Wildman–Crippen MR) is 199 cm³/mol. The number of phosphoric acid groups is 1. The SMILES string of the molecule is CCCCCC/C=C/CCCCCCCCCCCC(=O)OC[C@@H](COP(=O)(O)OC[C@@H](N)C(=O)O)OC(=O)CCCCCCCCCCC. The van der Waals surface area contributed by atoms with Crippen molar-refractivity contribution >= 4 is 25.7 Å². The van der Waals surface area contributed by atoms with Crippen molar-refractivity contribution in [3.8, 4) is 0 Å². The Balaban J connectivity index is 4.32. The van der Waals surface area contributed by atoms with E-state index in [0.29, 0.717) is 12.8 Å². The Morgan fingerprint density at radius 2 is 1.00 bits per heavy atom. The average molecular weight is 734 g/mol. The molecular formula is C38H72NO10P. The molecule has 4 N–H and O–H groups in total. The van der Waals surface area contributed by atoms with Crippen LogP contribution in [0.25, 0.3) is 0 Å². The number of rotatable bonds is 37. The number of ether oxygens (including phenoxy) is 2. The minimum absolute atomic E-state index is 0.164. The van der Waals surface area contributed by atoms with Crippen LogP contribution >= 0.6 is 7.82 Å². The lowest BCUT2D eigenvalue weighted by atomic mass is 10.1. The van der Waals surface area contributed by atoms with Crippen LogP contribution in [0.2, 0.25) is 0 Å². The highest BCUT2D eigenvalue weighted by Crippen LogP contribution is 2.43. The maximum absolute atomic E-state index is 12.5. The number of aliphatic carboxylic acids is 1. The Hall–Kier alpha value is -1.78. The van der Waals surface area contributed by atoms with Crippen LogP contribution in [0.1, 0.15) is 181 Å². The molecule has 0 heterocycles. The fraction of sp³-hybridized carbons (Fsp3) is 0.868. The molecule has 294 valence electrons. The summed E-state index contributed by atoms with van der Waals surface area (Å²) in [4.78, 5) is 45.7. The lowest BCUT2D eigenvalue weighted by Gasteiger charge is -2.20. The summed E-state index contributed by atoms with van der Waals surface area (Å²) in [7, 11) is -4.70. The van der Waals surface area contributed by atoms with Gasteiger partial charge in [-0.1, -0.05) is 142 Å². The number of phosphoric ester groups is 1. The van der Waals surface area contributed by atoms with Gasteiger partial charge in [-0.2, -0.15) is 0 Å². The molecule has 0 saturated heterocycles. The molecule has 0 bridgehead atoms. The van der Waals surface area contributed by atoms with Crippen LogP contribution in [-0.2, 0) is 37.5 Å². The maximum Gasteiger partial charge on any atom is 0.472 e. The number of carbonyl (C=O) groups excluding carboxylic acids is 2. The predicted octanol–water partition coefficient (Wildman–Crippen LogP) is 9.73. The number of allylic oxidation sites excluding steroid dienone is 2. The molecule has 0 aromatic rings. The van der Waals surface area contributed by atoms with Crippen LogP contribution < -0.4 is 5.73 Å². The van der Waals surface area contributed by atoms with E-state index in [9.17, 15) is 23.8 Å². The summed E-state index contributed by atoms with van der Waals surface area (Å²) >= 11 is 0. The second-order valence-electron chi connectivity index (χ2n) is 13.4. The van der Waals surface area contributed by atoms with Gasteiger partial charge in [0.25, 0.3) is 0 Å². The lowest BCUT2D eigenvalue weighted by molar-refractivity contribution is -0.161. The molecule has 12 heteroatoms. The van der Waals surface area contributed by atoms with Gasteiger partial charge in [-0.15, -0.1) is 0 Å². The molecule has 0 amide bonds. The molecule has 50 heavy (non-hydrogen) atoms. The molecule has 0 aliphatic carbocycles. The Morgan fingerprint density at radius 1 is 0.600 bits per heavy atom. The molecule has 0 aromatic heterocycles. The largest absolute Gasteiger partial charge is 0.480 e. The van der Waals surface area contributed by atoms with Gasteiger partial charge in [0.1, 0.15) is 12.6 Å². The molecule has 0 saturated carbocycles. The summed E-state index contributed by atoms with van der Waals surface area (Å²) in [5, 5.41) is 8.85. The Bertz CT molecular complexity index is 916. The molecule has 0 aromatic carbocycles. The van der Waals surface area contributed by atoms with E-state index in [1.807, 2.05) is 0 Å². The summed E-state index contributed by atoms with van der Waals surface area (Å²) in [6, 6.07) is -1.52. The third-order valence-corrected chi connectivity index (χ3v) is 9.46. The van der Waals surface area contributed by atoms with E-state index < -0.39 is 51.1 Å². The highest BCUT2D eigenvalue weighted by Gasteiger charge is 2.28. The zero-order chi connectivity index (χ0) is 37.1. The van der Waals surface area contributed by atoms with E-state index in [1.54, 1.807) is 0 Å². The molecule has 0 aliphatic heterocycles. The first-order chi connectivity index (χ1) is 24.1. The molecule has 0 aliphatic rings. The van der Waals surface area contributed by atoms with Gasteiger partial charge in [-0.25, -0.2) is 4.57 Å². The number of esters is 2. The zero-order valence-electron chi connectivity index (χ0n) is 31.5. The van der Waals surface area contributed by atoms with Crippen molar-refractivity contribution in [2.75, 3.05) is 19.8 Å². The van der Waals surface area contributed by atoms with Crippen LogP contribution in [-0.4, -0.2) is 59.9 Å². The van der Waals surface area contributed by atoms with Crippen LogP contribution in [0, 0.1) is 0 Å². The first-order valence-electron chi connectivity index (χ1n) is 19.7. The zero-order valence-corrected chi connectivity index (χ0v) is 32.4. The molecule has 0 radical (unpaired) electrons. The summed E-state index contributed by atoms with van der Waals surface area (Å²) in [5.74, 6) is -2.38. The number of hydrogen-bond donors (Lipinski definition) is 3. The Labute approximate surface area is 303 Å². The normalized spacial score (nSPS) is 14.0. The maximum atomic E-state index is 12.5. The van der Waals surface area contributed by atoms with E-state index in [4.69, 9.17) is 24.8 Å². The van der Waals surface area contributed by atoms with Crippen molar-refractivity contribution in [1.29, 1.82) is 0 Å². The lowest BCUT2D eigenvalue weighted by Crippen LogP contribution is -2.34. The monoisotopic (exact) mass is 733 g/mol. The number of carbonyl (C=O) groups is 3. The van der Waals surface area contributed by atoms with E-state index in [1.165, 1.54) is 103 Å². The van der Waals surface area contributed by atoms with Gasteiger partial charge in [0.2, 0.25) is 0 Å². The molecular weight excluding hydrogens is 661 g/mol. The summed E-state index contributed by atoms with van der Waals surface area (Å²) < 4.78 is 32.5. The van der Waals surface area contributed by atoms with E-state index in [-0.39, 0.29) is 19.4 Å². The number of carboxylic acid groups (broad SMARTS) is 1. The van der Waals surface area contributed by atoms with Crippen LogP contribution in [0.15, 0.2) is 12.2 Å². The molecule has 11 nitrogen and oxygen atoms in total. The standard InChI is InChI=1S/C38H72NO10P/c1-3-5-7-9-11-13-14-15-16-17-18-19-20-22-23-25-27-29-36(40)46-31-34(32-47-50(44,45)48-33-35(39)38(42)43)49-37(41)30-28-26-24-21-12-10-8-6-4-2/h13-14,34-35H,3-12,15-33,39H2,1-2H3,(H,42,43)(H,44,45)/b14-13+/t34-,35+/m0/s1. The van der Waals surface area contributed by atoms with Gasteiger partial charge >= 0.3 is 25.7 Å². The van der Waals surface area contributed by atoms with E-state index >= 15 is 0 Å². The Morgan fingerprint density at radius 3 is 1.48 bits per heavy atom. The smallest absolute Gasteiger partial charge is 0.472 e. The number of unbranched alkanes of at least 4 members (excludes halogenated alkanes) is 21. The van der Waals surface area contributed by atoms with Crippen molar-refractivity contribution in [3.63, 3.8) is 0 Å². The second kappa shape index (κ2) is 34.3. The van der Waals surface area contributed by atoms with Crippen molar-refractivity contribution < 1.29 is 47.5 Å². The van der Waals surface area contributed by atoms with E-state index in [2.05, 4.69) is 30.5 Å². The molecule has 0 fully saturated rings. The van der Waals surface area contributed by atoms with Gasteiger partial charge in [0.05, 0.1) is 13.2 Å². The summed E-state index contributed by atoms with van der Waals surface area (Å²) in [5.41, 5.74) is 5.31. The van der Waals surface area contributed by atoms with Gasteiger partial charge in [0.15, 0.2) is 6.10 Å². The van der Waals surface area contributed by atoms with Crippen molar-refractivity contribution in [1.82, 2.24) is 0 Å². The first kappa shape index (κ1) is 48.2. The Kier molecular flexibility index (Phi) is 33.1. The van der Waals surface area contributed by atoms with Crippen molar-refractivity contribution in [2.24, 2.45) is 5.73 Å². The first-order valence-corrected chi connectivity index (χ1v) is 21.2. The fourth-order valence-corrected chi connectivity index (χ4v) is 6.13. The van der Waals surface area contributed by atoms with Crippen LogP contribution in [0.4, 0.5) is 0 Å². The highest BCUT2D eigenvalue weighted by molar-refractivity contribution is 7.47. The van der Waals surface area contributed by atoms with Gasteiger partial charge < -0.3 is 25.2 Å². The molecule has 3 atom stereocenters. The molecule has 0 rings (SSSR count).